The van der Waals surface area contributed by atoms with Crippen molar-refractivity contribution in [3.8, 4) is 11.3 Å². The standard InChI is InChI=1S/C20H16N.C5H8O2.Ir/c1-2-6-13(7-3-1)20-19-15-11-10-14(12-15)18(19)16-8-4-5-9-17(16)21-20;1-4(6)3-5(2)7;/h1-6,8-9,14-15H,10-12H2;3,6H,1-2H3;/q-1;;. The van der Waals surface area contributed by atoms with E-state index in [0.29, 0.717) is 5.92 Å². The van der Waals surface area contributed by atoms with Crippen molar-refractivity contribution in [2.45, 2.75) is 44.9 Å². The van der Waals surface area contributed by atoms with Crippen LogP contribution in [0.25, 0.3) is 22.2 Å². The van der Waals surface area contributed by atoms with Gasteiger partial charge in [0.25, 0.3) is 0 Å². The average molecular weight is 563 g/mol. The van der Waals surface area contributed by atoms with Crippen LogP contribution in [0.15, 0.2) is 60.4 Å². The molecule has 2 aromatic carbocycles. The minimum Gasteiger partial charge on any atom is -0.512 e. The van der Waals surface area contributed by atoms with Crippen molar-refractivity contribution in [2.75, 3.05) is 0 Å². The number of para-hydroxylation sites is 1. The van der Waals surface area contributed by atoms with Crippen LogP contribution in [-0.4, -0.2) is 15.9 Å². The summed E-state index contributed by atoms with van der Waals surface area (Å²) in [6, 6.07) is 20.3. The molecule has 2 atom stereocenters. The first kappa shape index (κ1) is 21.4. The summed E-state index contributed by atoms with van der Waals surface area (Å²) in [5, 5.41) is 9.74. The van der Waals surface area contributed by atoms with Crippen LogP contribution in [0.3, 0.4) is 0 Å². The number of hydrogen-bond donors (Lipinski definition) is 1. The molecule has 1 fully saturated rings. The maximum atomic E-state index is 10.0. The monoisotopic (exact) mass is 563 g/mol. The zero-order chi connectivity index (χ0) is 19.7. The maximum Gasteiger partial charge on any atom is 0.155 e. The number of aliphatic hydroxyl groups is 1. The van der Waals surface area contributed by atoms with Crippen molar-refractivity contribution >= 4 is 16.7 Å². The maximum absolute atomic E-state index is 10.0. The number of nitrogens with zero attached hydrogens (tertiary/aromatic N) is 1. The third kappa shape index (κ3) is 4.34. The smallest absolute Gasteiger partial charge is 0.155 e. The van der Waals surface area contributed by atoms with Crippen LogP contribution in [0.1, 0.15) is 56.1 Å². The van der Waals surface area contributed by atoms with Gasteiger partial charge in [-0.25, -0.2) is 0 Å². The van der Waals surface area contributed by atoms with Crippen LogP contribution in [0.5, 0.6) is 0 Å². The van der Waals surface area contributed by atoms with Gasteiger partial charge in [-0.3, -0.25) is 9.78 Å². The summed E-state index contributed by atoms with van der Waals surface area (Å²) < 4.78 is 0. The molecule has 1 radical (unpaired) electrons. The number of aromatic nitrogens is 1. The summed E-state index contributed by atoms with van der Waals surface area (Å²) in [6.07, 6.45) is 5.17. The van der Waals surface area contributed by atoms with E-state index < -0.39 is 0 Å². The molecule has 3 nitrogen and oxygen atoms in total. The van der Waals surface area contributed by atoms with Crippen molar-refractivity contribution in [3.05, 3.63) is 77.6 Å². The van der Waals surface area contributed by atoms with E-state index in [2.05, 4.69) is 42.5 Å². The Kier molecular flexibility index (Phi) is 6.66. The van der Waals surface area contributed by atoms with Crippen molar-refractivity contribution in [1.82, 2.24) is 4.98 Å². The van der Waals surface area contributed by atoms with E-state index in [9.17, 15) is 4.79 Å². The van der Waals surface area contributed by atoms with E-state index in [0.717, 1.165) is 17.0 Å². The summed E-state index contributed by atoms with van der Waals surface area (Å²) in [5.74, 6) is 1.40. The van der Waals surface area contributed by atoms with Crippen LogP contribution in [-0.2, 0) is 24.9 Å². The fraction of sp³-hybridized carbons (Fsp3) is 0.280. The molecule has 5 rings (SSSR count). The Bertz CT molecular complexity index is 1060. The first-order chi connectivity index (χ1) is 13.5. The van der Waals surface area contributed by atoms with Crippen LogP contribution >= 0.6 is 0 Å². The Labute approximate surface area is 185 Å². The molecular formula is C25H24IrNO2-. The second-order valence-electron chi connectivity index (χ2n) is 7.68. The van der Waals surface area contributed by atoms with E-state index in [1.807, 2.05) is 12.1 Å². The molecule has 1 aromatic heterocycles. The largest absolute Gasteiger partial charge is 0.512 e. The van der Waals surface area contributed by atoms with E-state index in [4.69, 9.17) is 10.1 Å². The molecule has 2 unspecified atom stereocenters. The molecule has 151 valence electrons. The molecule has 0 spiro atoms. The van der Waals surface area contributed by atoms with Gasteiger partial charge in [-0.05, 0) is 62.3 Å². The number of fused-ring (bicyclic) bond motifs is 7. The molecule has 4 heteroatoms. The van der Waals surface area contributed by atoms with Gasteiger partial charge in [-0.1, -0.05) is 23.8 Å². The molecule has 2 aliphatic rings. The van der Waals surface area contributed by atoms with Gasteiger partial charge in [-0.2, -0.15) is 0 Å². The van der Waals surface area contributed by atoms with Gasteiger partial charge in [0.2, 0.25) is 0 Å². The molecule has 2 bridgehead atoms. The first-order valence-electron chi connectivity index (χ1n) is 9.82. The Morgan fingerprint density at radius 1 is 1.07 bits per heavy atom. The van der Waals surface area contributed by atoms with Gasteiger partial charge in [0, 0.05) is 31.6 Å². The Hall–Kier alpha value is -2.29. The molecule has 29 heavy (non-hydrogen) atoms. The number of pyridine rings is 1. The van der Waals surface area contributed by atoms with Gasteiger partial charge in [0.05, 0.1) is 11.3 Å². The van der Waals surface area contributed by atoms with Crippen LogP contribution in [0.2, 0.25) is 0 Å². The molecule has 0 aliphatic heterocycles. The van der Waals surface area contributed by atoms with Crippen LogP contribution < -0.4 is 0 Å². The zero-order valence-electron chi connectivity index (χ0n) is 16.6. The summed E-state index contributed by atoms with van der Waals surface area (Å²) >= 11 is 0. The number of hydrogen-bond acceptors (Lipinski definition) is 3. The first-order valence-corrected chi connectivity index (χ1v) is 9.82. The van der Waals surface area contributed by atoms with Gasteiger partial charge < -0.3 is 5.11 Å². The van der Waals surface area contributed by atoms with E-state index in [1.165, 1.54) is 55.8 Å². The topological polar surface area (TPSA) is 50.2 Å². The fourth-order valence-electron chi connectivity index (χ4n) is 4.65. The molecular weight excluding hydrogens is 538 g/mol. The molecule has 2 aliphatic carbocycles. The molecule has 1 N–H and O–H groups in total. The second-order valence-corrected chi connectivity index (χ2v) is 7.68. The number of rotatable bonds is 2. The molecule has 1 heterocycles. The number of benzene rings is 2. The quantitative estimate of drug-likeness (QED) is 0.233. The number of carbonyl (C=O) groups excluding carboxylic acids is 1. The number of aliphatic hydroxyl groups excluding tert-OH is 1. The number of carbonyl (C=O) groups is 1. The molecule has 0 saturated heterocycles. The van der Waals surface area contributed by atoms with Crippen molar-refractivity contribution in [2.24, 2.45) is 0 Å². The third-order valence-corrected chi connectivity index (χ3v) is 5.60. The van der Waals surface area contributed by atoms with Crippen molar-refractivity contribution < 1.29 is 30.0 Å². The normalized spacial score (nSPS) is 19.2. The van der Waals surface area contributed by atoms with Gasteiger partial charge in [-0.15, -0.1) is 35.9 Å². The Morgan fingerprint density at radius 3 is 2.38 bits per heavy atom. The molecule has 0 amide bonds. The fourth-order valence-corrected chi connectivity index (χ4v) is 4.65. The Balaban J connectivity index is 0.000000263. The minimum absolute atomic E-state index is 0. The summed E-state index contributed by atoms with van der Waals surface area (Å²) in [6.45, 7) is 2.85. The number of ketones is 1. The summed E-state index contributed by atoms with van der Waals surface area (Å²) in [5.41, 5.74) is 6.57. The van der Waals surface area contributed by atoms with E-state index in [1.54, 1.807) is 5.56 Å². The van der Waals surface area contributed by atoms with Gasteiger partial charge in [0.15, 0.2) is 5.78 Å². The molecule has 3 aromatic rings. The van der Waals surface area contributed by atoms with E-state index >= 15 is 0 Å². The average Bonchev–Trinajstić information content (AvgIpc) is 3.30. The predicted octanol–water partition coefficient (Wildman–Crippen LogP) is 6.10. The SMILES string of the molecule is CC(=O)C=C(C)O.[Ir].[c-]1ccccc1-c1nc2ccccc2c2c1C1CCC2C1. The number of allylic oxidation sites excluding steroid dienone is 2. The van der Waals surface area contributed by atoms with Gasteiger partial charge in [0.1, 0.15) is 0 Å². The minimum atomic E-state index is -0.125. The van der Waals surface area contributed by atoms with Gasteiger partial charge >= 0.3 is 0 Å². The third-order valence-electron chi connectivity index (χ3n) is 5.60. The summed E-state index contributed by atoms with van der Waals surface area (Å²) in [4.78, 5) is 15.0. The summed E-state index contributed by atoms with van der Waals surface area (Å²) in [7, 11) is 0. The van der Waals surface area contributed by atoms with Crippen molar-refractivity contribution in [1.29, 1.82) is 0 Å². The van der Waals surface area contributed by atoms with E-state index in [-0.39, 0.29) is 31.6 Å². The second kappa shape index (κ2) is 9.02. The Morgan fingerprint density at radius 2 is 1.76 bits per heavy atom. The van der Waals surface area contributed by atoms with Crippen LogP contribution in [0.4, 0.5) is 0 Å². The van der Waals surface area contributed by atoms with Crippen molar-refractivity contribution in [3.63, 3.8) is 0 Å². The molecule has 1 saturated carbocycles. The zero-order valence-corrected chi connectivity index (χ0v) is 19.0. The predicted molar refractivity (Wildman–Crippen MR) is 112 cm³/mol. The van der Waals surface area contributed by atoms with Crippen LogP contribution in [0, 0.1) is 6.07 Å².